The number of hydrogen-bond donors (Lipinski definition) is 2. The van der Waals surface area contributed by atoms with Crippen molar-refractivity contribution in [1.29, 1.82) is 0 Å². The van der Waals surface area contributed by atoms with Gasteiger partial charge in [-0.3, -0.25) is 4.99 Å². The van der Waals surface area contributed by atoms with Crippen molar-refractivity contribution in [1.82, 2.24) is 10.6 Å². The average Bonchev–Trinajstić information content (AvgIpc) is 3.17. The second-order valence-electron chi connectivity index (χ2n) is 6.42. The normalized spacial score (nSPS) is 26.4. The third kappa shape index (κ3) is 3.78. The summed E-state index contributed by atoms with van der Waals surface area (Å²) < 4.78 is 11.3. The number of hydrogen-bond acceptors (Lipinski definition) is 3. The number of guanidine groups is 1. The lowest BCUT2D eigenvalue weighted by molar-refractivity contribution is 0.0992. The van der Waals surface area contributed by atoms with Crippen molar-refractivity contribution in [3.63, 3.8) is 0 Å². The Hall–Kier alpha value is -1.75. The second-order valence-corrected chi connectivity index (χ2v) is 6.42. The third-order valence-electron chi connectivity index (χ3n) is 4.77. The lowest BCUT2D eigenvalue weighted by Gasteiger charge is -2.22. The van der Waals surface area contributed by atoms with Crippen molar-refractivity contribution in [3.05, 3.63) is 29.3 Å². The van der Waals surface area contributed by atoms with Gasteiger partial charge in [-0.05, 0) is 44.2 Å². The minimum absolute atomic E-state index is 0.357. The summed E-state index contributed by atoms with van der Waals surface area (Å²) in [6, 6.07) is 6.68. The Morgan fingerprint density at radius 3 is 2.91 bits per heavy atom. The minimum atomic E-state index is 0.357. The van der Waals surface area contributed by atoms with Crippen LogP contribution in [0.4, 0.5) is 0 Å². The minimum Gasteiger partial charge on any atom is -0.496 e. The van der Waals surface area contributed by atoms with Gasteiger partial charge in [0.05, 0.1) is 25.4 Å². The fourth-order valence-electron chi connectivity index (χ4n) is 3.58. The van der Waals surface area contributed by atoms with Gasteiger partial charge in [0.2, 0.25) is 0 Å². The number of aryl methyl sites for hydroxylation is 1. The highest BCUT2D eigenvalue weighted by Gasteiger charge is 2.41. The lowest BCUT2D eigenvalue weighted by Crippen LogP contribution is -2.47. The van der Waals surface area contributed by atoms with Crippen molar-refractivity contribution >= 4 is 5.96 Å². The molecule has 0 radical (unpaired) electrons. The molecule has 5 nitrogen and oxygen atoms in total. The lowest BCUT2D eigenvalue weighted by atomic mass is 9.96. The van der Waals surface area contributed by atoms with Gasteiger partial charge in [-0.15, -0.1) is 0 Å². The first-order chi connectivity index (χ1) is 11.2. The van der Waals surface area contributed by atoms with Crippen LogP contribution in [0.2, 0.25) is 0 Å². The molecule has 0 spiro atoms. The zero-order valence-corrected chi connectivity index (χ0v) is 14.3. The van der Waals surface area contributed by atoms with E-state index in [4.69, 9.17) is 9.47 Å². The Labute approximate surface area is 138 Å². The summed E-state index contributed by atoms with van der Waals surface area (Å²) in [4.78, 5) is 4.33. The highest BCUT2D eigenvalue weighted by Crippen LogP contribution is 2.34. The van der Waals surface area contributed by atoms with E-state index in [1.807, 2.05) is 13.1 Å². The topological polar surface area (TPSA) is 54.9 Å². The van der Waals surface area contributed by atoms with Gasteiger partial charge in [0.1, 0.15) is 5.75 Å². The summed E-state index contributed by atoms with van der Waals surface area (Å²) in [7, 11) is 3.54. The number of aliphatic imine (C=N–C) groups is 1. The van der Waals surface area contributed by atoms with E-state index in [2.05, 4.69) is 34.7 Å². The number of fused-ring (bicyclic) bond motifs is 2. The molecule has 1 aromatic rings. The average molecular weight is 317 g/mol. The van der Waals surface area contributed by atoms with E-state index in [9.17, 15) is 0 Å². The van der Waals surface area contributed by atoms with Crippen LogP contribution in [0, 0.1) is 6.92 Å². The molecular weight excluding hydrogens is 290 g/mol. The van der Waals surface area contributed by atoms with E-state index in [-0.39, 0.29) is 0 Å². The molecule has 3 unspecified atom stereocenters. The quantitative estimate of drug-likeness (QED) is 0.644. The van der Waals surface area contributed by atoms with Crippen LogP contribution in [0.15, 0.2) is 23.2 Å². The van der Waals surface area contributed by atoms with E-state index in [1.165, 1.54) is 24.0 Å². The molecular formula is C18H27N3O2. The molecule has 23 heavy (non-hydrogen) atoms. The maximum atomic E-state index is 5.89. The van der Waals surface area contributed by atoms with Crippen molar-refractivity contribution in [2.24, 2.45) is 4.99 Å². The summed E-state index contributed by atoms with van der Waals surface area (Å²) in [5, 5.41) is 6.91. The molecule has 5 heteroatoms. The zero-order valence-electron chi connectivity index (χ0n) is 14.3. The molecule has 0 aliphatic carbocycles. The number of ether oxygens (including phenoxy) is 2. The molecule has 2 aliphatic heterocycles. The molecule has 126 valence electrons. The Morgan fingerprint density at radius 1 is 1.39 bits per heavy atom. The number of methoxy groups -OCH3 is 1. The van der Waals surface area contributed by atoms with E-state index < -0.39 is 0 Å². The Kier molecular flexibility index (Phi) is 5.06. The van der Waals surface area contributed by atoms with Crippen LogP contribution in [0.1, 0.15) is 30.4 Å². The molecule has 3 atom stereocenters. The van der Waals surface area contributed by atoms with Gasteiger partial charge < -0.3 is 20.1 Å². The van der Waals surface area contributed by atoms with Gasteiger partial charge in [0, 0.05) is 13.6 Å². The van der Waals surface area contributed by atoms with Crippen molar-refractivity contribution in [2.45, 2.75) is 50.9 Å². The molecule has 2 N–H and O–H groups in total. The molecule has 0 saturated carbocycles. The van der Waals surface area contributed by atoms with Crippen molar-refractivity contribution in [2.75, 3.05) is 20.7 Å². The predicted octanol–water partition coefficient (Wildman–Crippen LogP) is 2.03. The third-order valence-corrected chi connectivity index (χ3v) is 4.77. The number of benzene rings is 1. The summed E-state index contributed by atoms with van der Waals surface area (Å²) in [6.45, 7) is 2.92. The van der Waals surface area contributed by atoms with E-state index in [0.717, 1.165) is 31.1 Å². The number of nitrogens with zero attached hydrogens (tertiary/aromatic N) is 1. The summed E-state index contributed by atoms with van der Waals surface area (Å²) in [6.07, 6.45) is 5.18. The molecule has 0 amide bonds. The van der Waals surface area contributed by atoms with Gasteiger partial charge in [0.15, 0.2) is 5.96 Å². The standard InChI is InChI=1S/C18H27N3O2/c1-12-4-6-16(22-3)13(10-12)8-9-20-18(19-2)21-15-11-14-5-7-17(15)23-14/h4,6,10,14-15,17H,5,7-9,11H2,1-3H3,(H2,19,20,21). The first-order valence-corrected chi connectivity index (χ1v) is 8.45. The van der Waals surface area contributed by atoms with Gasteiger partial charge in [0.25, 0.3) is 0 Å². The summed E-state index contributed by atoms with van der Waals surface area (Å²) in [5.41, 5.74) is 2.47. The van der Waals surface area contributed by atoms with Crippen LogP contribution in [-0.4, -0.2) is 44.9 Å². The Balaban J connectivity index is 1.50. The maximum absolute atomic E-state index is 5.89. The van der Waals surface area contributed by atoms with Gasteiger partial charge in [-0.1, -0.05) is 17.7 Å². The molecule has 2 aliphatic rings. The highest BCUT2D eigenvalue weighted by molar-refractivity contribution is 5.80. The molecule has 2 heterocycles. The van der Waals surface area contributed by atoms with Crippen molar-refractivity contribution in [3.8, 4) is 5.75 Å². The smallest absolute Gasteiger partial charge is 0.191 e. The second kappa shape index (κ2) is 7.21. The van der Waals surface area contributed by atoms with Crippen molar-refractivity contribution < 1.29 is 9.47 Å². The monoisotopic (exact) mass is 317 g/mol. The molecule has 1 aromatic carbocycles. The van der Waals surface area contributed by atoms with E-state index in [1.54, 1.807) is 7.11 Å². The SMILES string of the molecule is CN=C(NCCc1cc(C)ccc1OC)NC1CC2CCC1O2. The molecule has 2 bridgehead atoms. The van der Waals surface area contributed by atoms with Gasteiger partial charge in [-0.2, -0.15) is 0 Å². The van der Waals surface area contributed by atoms with Crippen LogP contribution >= 0.6 is 0 Å². The highest BCUT2D eigenvalue weighted by atomic mass is 16.5. The van der Waals surface area contributed by atoms with Crippen LogP contribution in [0.25, 0.3) is 0 Å². The molecule has 2 fully saturated rings. The molecule has 3 rings (SSSR count). The summed E-state index contributed by atoms with van der Waals surface area (Å²) >= 11 is 0. The van der Waals surface area contributed by atoms with Gasteiger partial charge in [-0.25, -0.2) is 0 Å². The Morgan fingerprint density at radius 2 is 2.26 bits per heavy atom. The van der Waals surface area contributed by atoms with Crippen LogP contribution in [0.5, 0.6) is 5.75 Å². The fourth-order valence-corrected chi connectivity index (χ4v) is 3.58. The Bertz CT molecular complexity index is 573. The maximum Gasteiger partial charge on any atom is 0.191 e. The largest absolute Gasteiger partial charge is 0.496 e. The van der Waals surface area contributed by atoms with E-state index in [0.29, 0.717) is 18.2 Å². The number of nitrogens with one attached hydrogen (secondary N) is 2. The van der Waals surface area contributed by atoms with Crippen LogP contribution in [-0.2, 0) is 11.2 Å². The fraction of sp³-hybridized carbons (Fsp3) is 0.611. The molecule has 0 aromatic heterocycles. The zero-order chi connectivity index (χ0) is 16.2. The summed E-state index contributed by atoms with van der Waals surface area (Å²) in [5.74, 6) is 1.81. The van der Waals surface area contributed by atoms with E-state index >= 15 is 0 Å². The molecule has 2 saturated heterocycles. The van der Waals surface area contributed by atoms with Crippen LogP contribution < -0.4 is 15.4 Å². The number of rotatable bonds is 5. The van der Waals surface area contributed by atoms with Gasteiger partial charge >= 0.3 is 0 Å². The predicted molar refractivity (Wildman–Crippen MR) is 92.2 cm³/mol. The first-order valence-electron chi connectivity index (χ1n) is 8.45. The first kappa shape index (κ1) is 16.1. The van der Waals surface area contributed by atoms with Crippen LogP contribution in [0.3, 0.4) is 0 Å².